The number of nitrogens with zero attached hydrogens (tertiary/aromatic N) is 2. The van der Waals surface area contributed by atoms with Crippen molar-refractivity contribution in [1.29, 1.82) is 0 Å². The number of aliphatic hydroxyl groups excluding tert-OH is 1. The van der Waals surface area contributed by atoms with Gasteiger partial charge in [0.1, 0.15) is 5.76 Å². The number of likely N-dealkylation sites (tertiary alicyclic amines) is 1. The maximum absolute atomic E-state index is 13.0. The van der Waals surface area contributed by atoms with Crippen LogP contribution in [0, 0.1) is 0 Å². The molecule has 1 saturated heterocycles. The number of carbonyl (C=O) groups is 2. The molecule has 2 aliphatic heterocycles. The van der Waals surface area contributed by atoms with E-state index in [1.165, 1.54) is 4.90 Å². The molecule has 1 aromatic carbocycles. The van der Waals surface area contributed by atoms with Crippen molar-refractivity contribution in [3.63, 3.8) is 0 Å². The SMILES string of the molecule is CC[NH+](CC)CCN1C(=O)C(=O)C(=C(O)c2ccc3c(c2)OCO3)[C@H]1c1cccnc1. The van der Waals surface area contributed by atoms with E-state index in [0.717, 1.165) is 13.1 Å². The first-order chi connectivity index (χ1) is 15.0. The zero-order valence-electron chi connectivity index (χ0n) is 17.6. The Bertz CT molecular complexity index is 1020. The van der Waals surface area contributed by atoms with Crippen LogP contribution in [0.5, 0.6) is 11.5 Å². The molecule has 162 valence electrons. The lowest BCUT2D eigenvalue weighted by Gasteiger charge is -2.26. The number of amides is 1. The molecule has 8 heteroatoms. The van der Waals surface area contributed by atoms with Crippen molar-refractivity contribution >= 4 is 17.4 Å². The number of pyridine rings is 1. The van der Waals surface area contributed by atoms with Crippen molar-refractivity contribution in [1.82, 2.24) is 9.88 Å². The Morgan fingerprint density at radius 3 is 2.68 bits per heavy atom. The van der Waals surface area contributed by atoms with Crippen LogP contribution in [0.2, 0.25) is 0 Å². The van der Waals surface area contributed by atoms with Gasteiger partial charge in [0.15, 0.2) is 11.5 Å². The van der Waals surface area contributed by atoms with Gasteiger partial charge in [-0.2, -0.15) is 0 Å². The lowest BCUT2D eigenvalue weighted by molar-refractivity contribution is -0.895. The van der Waals surface area contributed by atoms with Gasteiger partial charge in [0.2, 0.25) is 6.79 Å². The van der Waals surface area contributed by atoms with Gasteiger partial charge >= 0.3 is 0 Å². The Hall–Kier alpha value is -3.39. The molecule has 0 aliphatic carbocycles. The largest absolute Gasteiger partial charge is 0.507 e. The third kappa shape index (κ3) is 3.86. The third-order valence-electron chi connectivity index (χ3n) is 5.89. The quantitative estimate of drug-likeness (QED) is 0.394. The number of fused-ring (bicyclic) bond motifs is 1. The minimum Gasteiger partial charge on any atom is -0.507 e. The van der Waals surface area contributed by atoms with Crippen molar-refractivity contribution in [2.24, 2.45) is 0 Å². The number of hydrogen-bond acceptors (Lipinski definition) is 6. The molecule has 1 atom stereocenters. The highest BCUT2D eigenvalue weighted by Gasteiger charge is 2.46. The highest BCUT2D eigenvalue weighted by atomic mass is 16.7. The van der Waals surface area contributed by atoms with E-state index in [0.29, 0.717) is 35.7 Å². The Labute approximate surface area is 180 Å². The summed E-state index contributed by atoms with van der Waals surface area (Å²) < 4.78 is 10.7. The number of ether oxygens (including phenoxy) is 2. The molecule has 2 N–H and O–H groups in total. The first-order valence-corrected chi connectivity index (χ1v) is 10.5. The number of Topliss-reactive ketones (excluding diaryl/α,β-unsaturated/α-hetero) is 1. The topological polar surface area (TPSA) is 93.4 Å². The highest BCUT2D eigenvalue weighted by molar-refractivity contribution is 6.46. The van der Waals surface area contributed by atoms with Gasteiger partial charge < -0.3 is 24.4 Å². The fourth-order valence-electron chi connectivity index (χ4n) is 4.08. The second-order valence-corrected chi connectivity index (χ2v) is 7.55. The van der Waals surface area contributed by atoms with Crippen molar-refractivity contribution in [3.8, 4) is 11.5 Å². The maximum atomic E-state index is 13.0. The number of hydrogen-bond donors (Lipinski definition) is 2. The number of aliphatic hydroxyl groups is 1. The summed E-state index contributed by atoms with van der Waals surface area (Å²) in [5.74, 6) is -0.478. The molecule has 0 saturated carbocycles. The van der Waals surface area contributed by atoms with Crippen molar-refractivity contribution in [2.75, 3.05) is 33.0 Å². The smallest absolute Gasteiger partial charge is 0.295 e. The second-order valence-electron chi connectivity index (χ2n) is 7.55. The number of carbonyl (C=O) groups excluding carboxylic acids is 2. The molecule has 0 radical (unpaired) electrons. The average Bonchev–Trinajstić information content (AvgIpc) is 3.37. The first-order valence-electron chi connectivity index (χ1n) is 10.5. The van der Waals surface area contributed by atoms with Gasteiger partial charge in [0, 0.05) is 18.0 Å². The van der Waals surface area contributed by atoms with Crippen LogP contribution in [-0.2, 0) is 9.59 Å². The summed E-state index contributed by atoms with van der Waals surface area (Å²) in [4.78, 5) is 33.0. The molecule has 1 amide bonds. The van der Waals surface area contributed by atoms with Gasteiger partial charge in [-0.25, -0.2) is 0 Å². The van der Waals surface area contributed by atoms with E-state index in [9.17, 15) is 14.7 Å². The van der Waals surface area contributed by atoms with Crippen LogP contribution in [-0.4, -0.2) is 59.7 Å². The molecule has 4 rings (SSSR count). The van der Waals surface area contributed by atoms with Crippen molar-refractivity contribution < 1.29 is 29.1 Å². The summed E-state index contributed by atoms with van der Waals surface area (Å²) >= 11 is 0. The Kier molecular flexibility index (Phi) is 5.90. The summed E-state index contributed by atoms with van der Waals surface area (Å²) in [5, 5.41) is 11.1. The molecule has 2 aromatic rings. The van der Waals surface area contributed by atoms with Crippen LogP contribution in [0.3, 0.4) is 0 Å². The van der Waals surface area contributed by atoms with Gasteiger partial charge in [0.25, 0.3) is 11.7 Å². The fraction of sp³-hybridized carbons (Fsp3) is 0.348. The third-order valence-corrected chi connectivity index (χ3v) is 5.89. The van der Waals surface area contributed by atoms with Crippen molar-refractivity contribution in [2.45, 2.75) is 19.9 Å². The van der Waals surface area contributed by atoms with Gasteiger partial charge in [-0.15, -0.1) is 0 Å². The lowest BCUT2D eigenvalue weighted by atomic mass is 9.96. The normalized spacial score (nSPS) is 19.5. The van der Waals surface area contributed by atoms with E-state index in [1.54, 1.807) is 41.6 Å². The summed E-state index contributed by atoms with van der Waals surface area (Å²) in [5.41, 5.74) is 1.13. The van der Waals surface area contributed by atoms with E-state index in [4.69, 9.17) is 9.47 Å². The van der Waals surface area contributed by atoms with E-state index in [1.807, 2.05) is 6.07 Å². The molecule has 3 heterocycles. The number of aromatic nitrogens is 1. The summed E-state index contributed by atoms with van der Waals surface area (Å²) in [6.07, 6.45) is 3.26. The first kappa shape index (κ1) is 20.9. The molecule has 1 fully saturated rings. The van der Waals surface area contributed by atoms with Crippen LogP contribution < -0.4 is 14.4 Å². The zero-order valence-corrected chi connectivity index (χ0v) is 17.6. The van der Waals surface area contributed by atoms with Crippen LogP contribution in [0.1, 0.15) is 31.0 Å². The van der Waals surface area contributed by atoms with Gasteiger partial charge in [-0.3, -0.25) is 14.6 Å². The highest BCUT2D eigenvalue weighted by Crippen LogP contribution is 2.40. The number of rotatable bonds is 7. The molecule has 0 spiro atoms. The number of ketones is 1. The summed E-state index contributed by atoms with van der Waals surface area (Å²) in [6, 6.07) is 7.81. The maximum Gasteiger partial charge on any atom is 0.295 e. The molecular formula is C23H26N3O5+. The lowest BCUT2D eigenvalue weighted by Crippen LogP contribution is -3.12. The predicted octanol–water partition coefficient (Wildman–Crippen LogP) is 1.16. The molecule has 0 bridgehead atoms. The van der Waals surface area contributed by atoms with Gasteiger partial charge in [0.05, 0.1) is 37.8 Å². The predicted molar refractivity (Wildman–Crippen MR) is 113 cm³/mol. The standard InChI is InChI=1S/C23H25N3O5/c1-3-25(4-2)10-11-26-20(16-6-5-9-24-13-16)19(22(28)23(26)29)21(27)15-7-8-17-18(12-15)31-14-30-17/h5-9,12-13,20,27H,3-4,10-11,14H2,1-2H3/p+1/t20-/m1/s1. The number of likely N-dealkylation sites (N-methyl/N-ethyl adjacent to an activating group) is 1. The monoisotopic (exact) mass is 424 g/mol. The van der Waals surface area contributed by atoms with Gasteiger partial charge in [-0.05, 0) is 43.7 Å². The minimum absolute atomic E-state index is 0.0615. The Balaban J connectivity index is 1.77. The molecule has 0 unspecified atom stereocenters. The van der Waals surface area contributed by atoms with E-state index in [-0.39, 0.29) is 18.1 Å². The van der Waals surface area contributed by atoms with E-state index >= 15 is 0 Å². The Morgan fingerprint density at radius 2 is 1.97 bits per heavy atom. The average molecular weight is 424 g/mol. The minimum atomic E-state index is -0.700. The molecule has 2 aliphatic rings. The fourth-order valence-corrected chi connectivity index (χ4v) is 4.08. The number of nitrogens with one attached hydrogen (secondary N) is 1. The van der Waals surface area contributed by atoms with Crippen LogP contribution in [0.15, 0.2) is 48.3 Å². The summed E-state index contributed by atoms with van der Waals surface area (Å²) in [7, 11) is 0. The number of benzene rings is 1. The Morgan fingerprint density at radius 1 is 1.19 bits per heavy atom. The van der Waals surface area contributed by atoms with Crippen LogP contribution in [0.25, 0.3) is 5.76 Å². The molecule has 8 nitrogen and oxygen atoms in total. The van der Waals surface area contributed by atoms with Crippen molar-refractivity contribution in [3.05, 3.63) is 59.4 Å². The van der Waals surface area contributed by atoms with E-state index < -0.39 is 17.7 Å². The van der Waals surface area contributed by atoms with Crippen LogP contribution in [0.4, 0.5) is 0 Å². The second kappa shape index (κ2) is 8.77. The zero-order chi connectivity index (χ0) is 22.0. The van der Waals surface area contributed by atoms with Crippen LogP contribution >= 0.6 is 0 Å². The molecule has 1 aromatic heterocycles. The van der Waals surface area contributed by atoms with Gasteiger partial charge in [-0.1, -0.05) is 6.07 Å². The van der Waals surface area contributed by atoms with E-state index in [2.05, 4.69) is 18.8 Å². The molecule has 31 heavy (non-hydrogen) atoms. The summed E-state index contributed by atoms with van der Waals surface area (Å²) in [6.45, 7) is 7.24. The molecular weight excluding hydrogens is 398 g/mol. The number of quaternary nitrogens is 1.